The number of esters is 1. The van der Waals surface area contributed by atoms with E-state index in [0.29, 0.717) is 10.4 Å². The molecule has 0 radical (unpaired) electrons. The molecule has 0 aliphatic carbocycles. The summed E-state index contributed by atoms with van der Waals surface area (Å²) in [6.45, 7) is 2.03. The lowest BCUT2D eigenvalue weighted by molar-refractivity contribution is 0.0600. The SMILES string of the molecule is COC(=O)c1ccc(/C=N\NC(=O)c2sccc2-c2ccc(C)cc2)cc1. The Kier molecular flexibility index (Phi) is 5.78. The van der Waals surface area contributed by atoms with Crippen molar-refractivity contribution < 1.29 is 14.3 Å². The van der Waals surface area contributed by atoms with Crippen LogP contribution in [0.2, 0.25) is 0 Å². The maximum Gasteiger partial charge on any atom is 0.337 e. The molecule has 136 valence electrons. The number of carbonyl (C=O) groups is 2. The molecular weight excluding hydrogens is 360 g/mol. The van der Waals surface area contributed by atoms with Gasteiger partial charge >= 0.3 is 5.97 Å². The third-order valence-corrected chi connectivity index (χ3v) is 4.86. The summed E-state index contributed by atoms with van der Waals surface area (Å²) in [6.07, 6.45) is 1.53. The van der Waals surface area contributed by atoms with Crippen LogP contribution in [0, 0.1) is 6.92 Å². The molecule has 0 fully saturated rings. The van der Waals surface area contributed by atoms with Crippen LogP contribution in [0.5, 0.6) is 0 Å². The highest BCUT2D eigenvalue weighted by Crippen LogP contribution is 2.28. The van der Waals surface area contributed by atoms with E-state index in [4.69, 9.17) is 0 Å². The lowest BCUT2D eigenvalue weighted by atomic mass is 10.1. The molecule has 0 aliphatic rings. The van der Waals surface area contributed by atoms with Crippen LogP contribution in [0.1, 0.15) is 31.2 Å². The molecule has 5 nitrogen and oxygen atoms in total. The van der Waals surface area contributed by atoms with Crippen molar-refractivity contribution in [3.8, 4) is 11.1 Å². The van der Waals surface area contributed by atoms with E-state index in [1.165, 1.54) is 30.2 Å². The van der Waals surface area contributed by atoms with Crippen molar-refractivity contribution >= 4 is 29.4 Å². The number of nitrogens with one attached hydrogen (secondary N) is 1. The first-order valence-corrected chi connectivity index (χ1v) is 9.13. The number of thiophene rings is 1. The van der Waals surface area contributed by atoms with Gasteiger partial charge in [-0.1, -0.05) is 42.0 Å². The Labute approximate surface area is 161 Å². The summed E-state index contributed by atoms with van der Waals surface area (Å²) in [6, 6.07) is 16.7. The van der Waals surface area contributed by atoms with E-state index in [1.54, 1.807) is 24.3 Å². The van der Waals surface area contributed by atoms with E-state index in [0.717, 1.165) is 16.7 Å². The molecule has 1 heterocycles. The van der Waals surface area contributed by atoms with Crippen molar-refractivity contribution in [2.45, 2.75) is 6.92 Å². The van der Waals surface area contributed by atoms with Gasteiger partial charge in [0.05, 0.1) is 18.9 Å². The molecule has 0 bridgehead atoms. The predicted molar refractivity (Wildman–Crippen MR) is 107 cm³/mol. The van der Waals surface area contributed by atoms with Gasteiger partial charge in [-0.3, -0.25) is 4.79 Å². The number of ether oxygens (including phenoxy) is 1. The van der Waals surface area contributed by atoms with Crippen LogP contribution >= 0.6 is 11.3 Å². The summed E-state index contributed by atoms with van der Waals surface area (Å²) in [5.41, 5.74) is 6.82. The highest BCUT2D eigenvalue weighted by Gasteiger charge is 2.14. The molecule has 27 heavy (non-hydrogen) atoms. The summed E-state index contributed by atoms with van der Waals surface area (Å²) >= 11 is 1.37. The summed E-state index contributed by atoms with van der Waals surface area (Å²) < 4.78 is 4.66. The molecule has 0 atom stereocenters. The average Bonchev–Trinajstić information content (AvgIpc) is 3.18. The number of carbonyl (C=O) groups excluding carboxylic acids is 2. The van der Waals surface area contributed by atoms with E-state index in [1.807, 2.05) is 42.6 Å². The van der Waals surface area contributed by atoms with E-state index < -0.39 is 5.97 Å². The molecule has 0 saturated carbocycles. The number of benzene rings is 2. The molecule has 0 spiro atoms. The fourth-order valence-corrected chi connectivity index (χ4v) is 3.29. The first-order chi connectivity index (χ1) is 13.1. The van der Waals surface area contributed by atoms with Crippen LogP contribution in [0.15, 0.2) is 65.1 Å². The second-order valence-electron chi connectivity index (χ2n) is 5.84. The average molecular weight is 378 g/mol. The minimum absolute atomic E-state index is 0.261. The topological polar surface area (TPSA) is 67.8 Å². The first kappa shape index (κ1) is 18.5. The standard InChI is InChI=1S/C21H18N2O3S/c1-14-3-7-16(8-4-14)18-11-12-27-19(18)20(24)23-22-13-15-5-9-17(10-6-15)21(25)26-2/h3-13H,1-2H3,(H,23,24)/b22-13-. The van der Waals surface area contributed by atoms with Crippen LogP contribution in [0.3, 0.4) is 0 Å². The molecule has 1 N–H and O–H groups in total. The zero-order valence-corrected chi connectivity index (χ0v) is 15.7. The number of methoxy groups -OCH3 is 1. The quantitative estimate of drug-likeness (QED) is 0.409. The van der Waals surface area contributed by atoms with Gasteiger partial charge in [-0.25, -0.2) is 10.2 Å². The van der Waals surface area contributed by atoms with Crippen LogP contribution in [-0.2, 0) is 4.74 Å². The maximum atomic E-state index is 12.5. The van der Waals surface area contributed by atoms with E-state index in [2.05, 4.69) is 15.3 Å². The fourth-order valence-electron chi connectivity index (χ4n) is 2.48. The first-order valence-electron chi connectivity index (χ1n) is 8.25. The summed E-state index contributed by atoms with van der Waals surface area (Å²) in [5, 5.41) is 5.90. The molecule has 0 saturated heterocycles. The van der Waals surface area contributed by atoms with Crippen molar-refractivity contribution in [2.75, 3.05) is 7.11 Å². The van der Waals surface area contributed by atoms with Crippen LogP contribution < -0.4 is 5.43 Å². The number of rotatable bonds is 5. The second-order valence-corrected chi connectivity index (χ2v) is 6.76. The molecule has 1 aromatic heterocycles. The lowest BCUT2D eigenvalue weighted by Crippen LogP contribution is -2.17. The highest BCUT2D eigenvalue weighted by molar-refractivity contribution is 7.12. The van der Waals surface area contributed by atoms with E-state index in [-0.39, 0.29) is 5.91 Å². The number of nitrogens with zero attached hydrogens (tertiary/aromatic N) is 1. The minimum Gasteiger partial charge on any atom is -0.465 e. The van der Waals surface area contributed by atoms with Gasteiger partial charge in [0.15, 0.2) is 0 Å². The molecule has 0 unspecified atom stereocenters. The number of hydrogen-bond acceptors (Lipinski definition) is 5. The van der Waals surface area contributed by atoms with Gasteiger partial charge < -0.3 is 4.74 Å². The molecule has 6 heteroatoms. The maximum absolute atomic E-state index is 12.5. The zero-order chi connectivity index (χ0) is 19.2. The number of hydrogen-bond donors (Lipinski definition) is 1. The molecular formula is C21H18N2O3S. The molecule has 3 rings (SSSR count). The van der Waals surface area contributed by atoms with Gasteiger partial charge in [0.2, 0.25) is 0 Å². The van der Waals surface area contributed by atoms with Gasteiger partial charge in [-0.2, -0.15) is 5.10 Å². The fraction of sp³-hybridized carbons (Fsp3) is 0.0952. The Morgan fingerprint density at radius 3 is 2.41 bits per heavy atom. The monoisotopic (exact) mass is 378 g/mol. The smallest absolute Gasteiger partial charge is 0.337 e. The molecule has 0 aliphatic heterocycles. The molecule has 3 aromatic rings. The second kappa shape index (κ2) is 8.42. The van der Waals surface area contributed by atoms with Crippen molar-refractivity contribution in [3.63, 3.8) is 0 Å². The summed E-state index contributed by atoms with van der Waals surface area (Å²) in [4.78, 5) is 24.5. The third-order valence-electron chi connectivity index (χ3n) is 3.95. The Morgan fingerprint density at radius 1 is 1.04 bits per heavy atom. The van der Waals surface area contributed by atoms with Crippen molar-refractivity contribution in [2.24, 2.45) is 5.10 Å². The molecule has 2 aromatic carbocycles. The van der Waals surface area contributed by atoms with Gasteiger partial charge in [0, 0.05) is 5.56 Å². The largest absolute Gasteiger partial charge is 0.465 e. The number of aryl methyl sites for hydroxylation is 1. The highest BCUT2D eigenvalue weighted by atomic mass is 32.1. The van der Waals surface area contributed by atoms with Crippen molar-refractivity contribution in [1.82, 2.24) is 5.43 Å². The van der Waals surface area contributed by atoms with Crippen molar-refractivity contribution in [3.05, 3.63) is 81.5 Å². The Bertz CT molecular complexity index is 973. The number of hydrazone groups is 1. The lowest BCUT2D eigenvalue weighted by Gasteiger charge is -2.04. The summed E-state index contributed by atoms with van der Waals surface area (Å²) in [7, 11) is 1.34. The van der Waals surface area contributed by atoms with E-state index >= 15 is 0 Å². The molecule has 1 amide bonds. The minimum atomic E-state index is -0.395. The normalized spacial score (nSPS) is 10.7. The van der Waals surface area contributed by atoms with Crippen LogP contribution in [-0.4, -0.2) is 25.2 Å². The Balaban J connectivity index is 1.68. The van der Waals surface area contributed by atoms with Gasteiger partial charge in [0.1, 0.15) is 4.88 Å². The van der Waals surface area contributed by atoms with Crippen LogP contribution in [0.4, 0.5) is 0 Å². The van der Waals surface area contributed by atoms with Crippen molar-refractivity contribution in [1.29, 1.82) is 0 Å². The summed E-state index contributed by atoms with van der Waals surface area (Å²) in [5.74, 6) is -0.656. The van der Waals surface area contributed by atoms with Gasteiger partial charge in [-0.05, 0) is 41.6 Å². The van der Waals surface area contributed by atoms with Gasteiger partial charge in [-0.15, -0.1) is 11.3 Å². The van der Waals surface area contributed by atoms with E-state index in [9.17, 15) is 9.59 Å². The Morgan fingerprint density at radius 2 is 1.74 bits per heavy atom. The predicted octanol–water partition coefficient (Wildman–Crippen LogP) is 4.27. The zero-order valence-electron chi connectivity index (χ0n) is 14.9. The van der Waals surface area contributed by atoms with Gasteiger partial charge in [0.25, 0.3) is 5.91 Å². The van der Waals surface area contributed by atoms with Crippen LogP contribution in [0.25, 0.3) is 11.1 Å². The number of amides is 1. The third kappa shape index (κ3) is 4.48. The Hall–Kier alpha value is -3.25.